The number of aryl methyl sites for hydroxylation is 1. The van der Waals surface area contributed by atoms with Crippen molar-refractivity contribution in [1.29, 1.82) is 0 Å². The van der Waals surface area contributed by atoms with E-state index in [1.165, 1.54) is 6.08 Å². The van der Waals surface area contributed by atoms with E-state index < -0.39 is 16.3 Å². The summed E-state index contributed by atoms with van der Waals surface area (Å²) in [6.07, 6.45) is 9.76. The first-order valence-electron chi connectivity index (χ1n) is 7.52. The minimum absolute atomic E-state index is 0.190. The van der Waals surface area contributed by atoms with Crippen LogP contribution in [-0.2, 0) is 20.8 Å². The number of rotatable bonds is 9. The van der Waals surface area contributed by atoms with E-state index in [2.05, 4.69) is 11.1 Å². The Morgan fingerprint density at radius 3 is 2.22 bits per heavy atom. The molecule has 2 aromatic rings. The van der Waals surface area contributed by atoms with Gasteiger partial charge >= 0.3 is 0 Å². The van der Waals surface area contributed by atoms with Gasteiger partial charge in [-0.05, 0) is 0 Å². The van der Waals surface area contributed by atoms with Crippen molar-refractivity contribution in [2.24, 2.45) is 0 Å². The highest BCUT2D eigenvalue weighted by atomic mass is 32.2. The summed E-state index contributed by atoms with van der Waals surface area (Å²) >= 11 is 0. The second-order valence-corrected chi connectivity index (χ2v) is 6.78. The summed E-state index contributed by atoms with van der Waals surface area (Å²) < 4.78 is 33.1. The molecule has 122 valence electrons. The molecular formula is C17H22N2O3S+2. The lowest BCUT2D eigenvalue weighted by Crippen LogP contribution is -2.42. The minimum atomic E-state index is -3.62. The van der Waals surface area contributed by atoms with Crippen LogP contribution in [0.3, 0.4) is 0 Å². The topological polar surface area (TPSA) is 51.1 Å². The Morgan fingerprint density at radius 2 is 1.61 bits per heavy atom. The number of nitrogens with zero attached hydrogens (tertiary/aromatic N) is 2. The van der Waals surface area contributed by atoms with Gasteiger partial charge in [-0.15, -0.1) is 6.58 Å². The largest absolute Gasteiger partial charge is 0.278 e. The van der Waals surface area contributed by atoms with E-state index in [0.717, 1.165) is 13.0 Å². The van der Waals surface area contributed by atoms with E-state index in [1.54, 1.807) is 4.57 Å². The molecule has 0 N–H and O–H groups in total. The van der Waals surface area contributed by atoms with E-state index in [-0.39, 0.29) is 5.75 Å². The van der Waals surface area contributed by atoms with Gasteiger partial charge in [0.25, 0.3) is 16.3 Å². The fourth-order valence-electron chi connectivity index (χ4n) is 2.24. The third-order valence-corrected chi connectivity index (χ3v) is 4.45. The zero-order chi connectivity index (χ0) is 16.5. The Kier molecular flexibility index (Phi) is 6.43. The van der Waals surface area contributed by atoms with E-state index in [9.17, 15) is 8.42 Å². The van der Waals surface area contributed by atoms with Crippen molar-refractivity contribution in [3.8, 4) is 0 Å². The Labute approximate surface area is 137 Å². The van der Waals surface area contributed by atoms with Crippen molar-refractivity contribution in [3.63, 3.8) is 0 Å². The molecule has 0 saturated heterocycles. The molecule has 1 atom stereocenters. The Hall–Kier alpha value is -2.05. The fourth-order valence-corrected chi connectivity index (χ4v) is 3.14. The SMILES string of the molecule is C=CCS(=O)(=O)OC(CCC[n+]1ccccc1)[n+]1ccccc1. The van der Waals surface area contributed by atoms with Gasteiger partial charge in [-0.25, -0.2) is 8.75 Å². The smallest absolute Gasteiger partial charge is 0.205 e. The molecule has 0 aliphatic carbocycles. The van der Waals surface area contributed by atoms with Gasteiger partial charge in [0.15, 0.2) is 24.8 Å². The molecule has 0 spiro atoms. The average molecular weight is 334 g/mol. The molecule has 0 aliphatic rings. The second-order valence-electron chi connectivity index (χ2n) is 5.14. The zero-order valence-corrected chi connectivity index (χ0v) is 13.8. The first-order valence-corrected chi connectivity index (χ1v) is 9.10. The third kappa shape index (κ3) is 5.92. The lowest BCUT2D eigenvalue weighted by molar-refractivity contribution is -0.756. The van der Waals surface area contributed by atoms with Crippen molar-refractivity contribution in [3.05, 3.63) is 73.8 Å². The van der Waals surface area contributed by atoms with Crippen molar-refractivity contribution in [2.75, 3.05) is 5.75 Å². The fraction of sp³-hybridized carbons (Fsp3) is 0.294. The van der Waals surface area contributed by atoms with Gasteiger partial charge < -0.3 is 0 Å². The first-order chi connectivity index (χ1) is 11.1. The molecule has 0 amide bonds. The molecule has 2 rings (SSSR count). The first kappa shape index (κ1) is 17.3. The lowest BCUT2D eigenvalue weighted by atomic mass is 10.2. The molecule has 2 heterocycles. The minimum Gasteiger partial charge on any atom is -0.205 e. The Bertz CT molecular complexity index is 703. The van der Waals surface area contributed by atoms with Gasteiger partial charge in [0.1, 0.15) is 6.54 Å². The van der Waals surface area contributed by atoms with Crippen LogP contribution < -0.4 is 9.13 Å². The molecule has 0 saturated carbocycles. The summed E-state index contributed by atoms with van der Waals surface area (Å²) in [7, 11) is -3.62. The summed E-state index contributed by atoms with van der Waals surface area (Å²) in [4.78, 5) is 0. The summed E-state index contributed by atoms with van der Waals surface area (Å²) in [6, 6.07) is 11.5. The highest BCUT2D eigenvalue weighted by molar-refractivity contribution is 7.86. The maximum absolute atomic E-state index is 11.9. The van der Waals surface area contributed by atoms with Gasteiger partial charge in [-0.2, -0.15) is 13.0 Å². The second kappa shape index (κ2) is 8.55. The van der Waals surface area contributed by atoms with E-state index in [1.807, 2.05) is 61.2 Å². The van der Waals surface area contributed by atoms with Crippen LogP contribution in [0.5, 0.6) is 0 Å². The van der Waals surface area contributed by atoms with Crippen molar-refractivity contribution < 1.29 is 21.7 Å². The van der Waals surface area contributed by atoms with Gasteiger partial charge in [-0.1, -0.05) is 18.2 Å². The summed E-state index contributed by atoms with van der Waals surface area (Å²) in [5.74, 6) is -0.190. The molecule has 6 heteroatoms. The van der Waals surface area contributed by atoms with Gasteiger partial charge in [0.05, 0.1) is 5.75 Å². The molecular weight excluding hydrogens is 312 g/mol. The lowest BCUT2D eigenvalue weighted by Gasteiger charge is -2.12. The molecule has 0 bridgehead atoms. The third-order valence-electron chi connectivity index (χ3n) is 3.30. The van der Waals surface area contributed by atoms with E-state index >= 15 is 0 Å². The van der Waals surface area contributed by atoms with Crippen LogP contribution in [0.4, 0.5) is 0 Å². The number of hydrogen-bond donors (Lipinski definition) is 0. The Morgan fingerprint density at radius 1 is 1.00 bits per heavy atom. The predicted molar refractivity (Wildman–Crippen MR) is 86.6 cm³/mol. The molecule has 0 aliphatic heterocycles. The summed E-state index contributed by atoms with van der Waals surface area (Å²) in [6.45, 7) is 4.26. The molecule has 0 aromatic carbocycles. The quantitative estimate of drug-likeness (QED) is 0.399. The normalized spacial score (nSPS) is 12.7. The monoisotopic (exact) mass is 334 g/mol. The van der Waals surface area contributed by atoms with Crippen LogP contribution in [0.1, 0.15) is 19.1 Å². The molecule has 2 aromatic heterocycles. The van der Waals surface area contributed by atoms with E-state index in [0.29, 0.717) is 6.42 Å². The van der Waals surface area contributed by atoms with E-state index in [4.69, 9.17) is 4.18 Å². The molecule has 1 unspecified atom stereocenters. The maximum Gasteiger partial charge on any atom is 0.278 e. The van der Waals surface area contributed by atoms with Gasteiger partial charge in [0.2, 0.25) is 0 Å². The molecule has 5 nitrogen and oxygen atoms in total. The summed E-state index contributed by atoms with van der Waals surface area (Å²) in [5.41, 5.74) is 0. The average Bonchev–Trinajstić information content (AvgIpc) is 2.55. The molecule has 0 radical (unpaired) electrons. The predicted octanol–water partition coefficient (Wildman–Crippen LogP) is 1.77. The molecule has 0 fully saturated rings. The number of pyridine rings is 2. The van der Waals surface area contributed by atoms with Crippen LogP contribution >= 0.6 is 0 Å². The van der Waals surface area contributed by atoms with Gasteiger partial charge in [0, 0.05) is 37.1 Å². The maximum atomic E-state index is 11.9. The molecule has 23 heavy (non-hydrogen) atoms. The van der Waals surface area contributed by atoms with Crippen LogP contribution in [0, 0.1) is 0 Å². The Balaban J connectivity index is 2.03. The van der Waals surface area contributed by atoms with Gasteiger partial charge in [-0.3, -0.25) is 0 Å². The van der Waals surface area contributed by atoms with Crippen molar-refractivity contribution in [1.82, 2.24) is 0 Å². The number of hydrogen-bond acceptors (Lipinski definition) is 3. The summed E-state index contributed by atoms with van der Waals surface area (Å²) in [5, 5.41) is 0. The van der Waals surface area contributed by atoms with Crippen LogP contribution in [0.25, 0.3) is 0 Å². The van der Waals surface area contributed by atoms with Crippen molar-refractivity contribution >= 4 is 10.1 Å². The van der Waals surface area contributed by atoms with Crippen LogP contribution in [0.2, 0.25) is 0 Å². The van der Waals surface area contributed by atoms with Crippen LogP contribution in [0.15, 0.2) is 73.8 Å². The standard InChI is InChI=1S/C17H22N2O3S/c1-2-16-23(20,21)22-17(19-14-7-4-8-15-19)10-9-13-18-11-5-3-6-12-18/h2-8,11-12,14-15,17H,1,9-10,13,16H2/q+2. The van der Waals surface area contributed by atoms with Crippen molar-refractivity contribution in [2.45, 2.75) is 25.6 Å². The number of aromatic nitrogens is 2. The van der Waals surface area contributed by atoms with Crippen LogP contribution in [-0.4, -0.2) is 14.2 Å². The highest BCUT2D eigenvalue weighted by Crippen LogP contribution is 2.13. The highest BCUT2D eigenvalue weighted by Gasteiger charge is 2.25. The zero-order valence-electron chi connectivity index (χ0n) is 13.0.